The Labute approximate surface area is 222 Å². The summed E-state index contributed by atoms with van der Waals surface area (Å²) >= 11 is 0. The lowest BCUT2D eigenvalue weighted by atomic mass is 10.1. The molecular formula is C27H24F3N5O4. The van der Waals surface area contributed by atoms with Crippen LogP contribution >= 0.6 is 0 Å². The minimum atomic E-state index is -4.51. The first-order chi connectivity index (χ1) is 18.7. The largest absolute Gasteiger partial charge is 0.493 e. The second kappa shape index (κ2) is 11.6. The minimum absolute atomic E-state index is 0.0191. The zero-order valence-corrected chi connectivity index (χ0v) is 21.1. The molecule has 1 heterocycles. The van der Waals surface area contributed by atoms with E-state index in [0.717, 1.165) is 17.7 Å². The third-order valence-corrected chi connectivity index (χ3v) is 5.46. The van der Waals surface area contributed by atoms with E-state index in [2.05, 4.69) is 25.9 Å². The highest BCUT2D eigenvalue weighted by molar-refractivity contribution is 5.99. The molecule has 0 saturated heterocycles. The number of carbonyl (C=O) groups excluding carboxylic acids is 1. The van der Waals surface area contributed by atoms with Crippen molar-refractivity contribution in [3.05, 3.63) is 78.6 Å². The highest BCUT2D eigenvalue weighted by Crippen LogP contribution is 2.40. The second-order valence-electron chi connectivity index (χ2n) is 8.06. The molecule has 0 bridgehead atoms. The summed E-state index contributed by atoms with van der Waals surface area (Å²) in [6.07, 6.45) is -1.36. The number of urea groups is 1. The summed E-state index contributed by atoms with van der Waals surface area (Å²) in [5.74, 6) is 1.87. The van der Waals surface area contributed by atoms with E-state index in [0.29, 0.717) is 40.1 Å². The van der Waals surface area contributed by atoms with Crippen molar-refractivity contribution in [2.24, 2.45) is 0 Å². The number of aromatic nitrogens is 2. The fourth-order valence-corrected chi connectivity index (χ4v) is 3.66. The number of benzene rings is 3. The predicted octanol–water partition coefficient (Wildman–Crippen LogP) is 6.58. The summed E-state index contributed by atoms with van der Waals surface area (Å²) in [7, 11) is 4.57. The molecule has 0 aliphatic carbocycles. The molecule has 39 heavy (non-hydrogen) atoms. The van der Waals surface area contributed by atoms with E-state index in [1.807, 2.05) is 0 Å². The number of carbonyl (C=O) groups is 1. The van der Waals surface area contributed by atoms with Gasteiger partial charge in [-0.15, -0.1) is 0 Å². The highest BCUT2D eigenvalue weighted by Gasteiger charge is 2.30. The molecule has 2 amide bonds. The molecular weight excluding hydrogens is 515 g/mol. The van der Waals surface area contributed by atoms with Crippen LogP contribution < -0.4 is 30.2 Å². The Bertz CT molecular complexity index is 1440. The number of nitrogens with zero attached hydrogens (tertiary/aromatic N) is 2. The summed E-state index contributed by atoms with van der Waals surface area (Å²) in [6, 6.07) is 13.9. The summed E-state index contributed by atoms with van der Waals surface area (Å²) in [4.78, 5) is 21.1. The lowest BCUT2D eigenvalue weighted by Gasteiger charge is -2.15. The van der Waals surface area contributed by atoms with Crippen molar-refractivity contribution in [2.45, 2.75) is 6.18 Å². The number of rotatable bonds is 8. The van der Waals surface area contributed by atoms with Crippen molar-refractivity contribution in [1.29, 1.82) is 0 Å². The number of nitrogens with one attached hydrogen (secondary N) is 3. The van der Waals surface area contributed by atoms with Crippen LogP contribution in [0.5, 0.6) is 17.2 Å². The molecule has 0 fully saturated rings. The van der Waals surface area contributed by atoms with Crippen LogP contribution in [-0.2, 0) is 6.18 Å². The van der Waals surface area contributed by atoms with Gasteiger partial charge in [-0.25, -0.2) is 9.78 Å². The highest BCUT2D eigenvalue weighted by atomic mass is 19.4. The zero-order chi connectivity index (χ0) is 28.0. The van der Waals surface area contributed by atoms with Gasteiger partial charge in [0.05, 0.1) is 45.0 Å². The fraction of sp³-hybridized carbons (Fsp3) is 0.148. The van der Waals surface area contributed by atoms with Crippen LogP contribution in [0.4, 0.5) is 40.8 Å². The first kappa shape index (κ1) is 27.0. The predicted molar refractivity (Wildman–Crippen MR) is 141 cm³/mol. The average Bonchev–Trinajstić information content (AvgIpc) is 2.92. The SMILES string of the molecule is COc1cc(Nc2cncc(-c3ccc(NC(=O)Nc4cccc(C(F)(F)F)c4)cc3)n2)cc(OC)c1OC. The van der Waals surface area contributed by atoms with E-state index in [4.69, 9.17) is 14.2 Å². The summed E-state index contributed by atoms with van der Waals surface area (Å²) in [5.41, 5.74) is 1.52. The number of anilines is 4. The zero-order valence-electron chi connectivity index (χ0n) is 21.1. The topological polar surface area (TPSA) is 107 Å². The van der Waals surface area contributed by atoms with E-state index in [9.17, 15) is 18.0 Å². The normalized spacial score (nSPS) is 10.9. The summed E-state index contributed by atoms with van der Waals surface area (Å²) in [5, 5.41) is 8.15. The van der Waals surface area contributed by atoms with Crippen molar-refractivity contribution in [3.8, 4) is 28.5 Å². The van der Waals surface area contributed by atoms with Crippen molar-refractivity contribution in [1.82, 2.24) is 9.97 Å². The molecule has 0 aliphatic heterocycles. The van der Waals surface area contributed by atoms with Gasteiger partial charge in [0.2, 0.25) is 5.75 Å². The molecule has 4 rings (SSSR count). The molecule has 202 valence electrons. The Balaban J connectivity index is 1.44. The van der Waals surface area contributed by atoms with Gasteiger partial charge in [-0.1, -0.05) is 18.2 Å². The first-order valence-corrected chi connectivity index (χ1v) is 11.4. The molecule has 0 radical (unpaired) electrons. The maximum atomic E-state index is 12.9. The lowest BCUT2D eigenvalue weighted by Crippen LogP contribution is -2.19. The lowest BCUT2D eigenvalue weighted by molar-refractivity contribution is -0.137. The molecule has 3 aromatic carbocycles. The van der Waals surface area contributed by atoms with E-state index >= 15 is 0 Å². The van der Waals surface area contributed by atoms with Crippen molar-refractivity contribution < 1.29 is 32.2 Å². The van der Waals surface area contributed by atoms with E-state index < -0.39 is 17.8 Å². The van der Waals surface area contributed by atoms with Gasteiger partial charge in [0.15, 0.2) is 11.5 Å². The molecule has 0 unspecified atom stereocenters. The third-order valence-electron chi connectivity index (χ3n) is 5.46. The van der Waals surface area contributed by atoms with Gasteiger partial charge in [-0.2, -0.15) is 13.2 Å². The molecule has 0 atom stereocenters. The quantitative estimate of drug-likeness (QED) is 0.232. The monoisotopic (exact) mass is 539 g/mol. The molecule has 12 heteroatoms. The second-order valence-corrected chi connectivity index (χ2v) is 8.06. The van der Waals surface area contributed by atoms with Gasteiger partial charge in [0.25, 0.3) is 0 Å². The summed E-state index contributed by atoms with van der Waals surface area (Å²) < 4.78 is 54.8. The van der Waals surface area contributed by atoms with Crippen molar-refractivity contribution in [2.75, 3.05) is 37.3 Å². The van der Waals surface area contributed by atoms with Gasteiger partial charge in [-0.3, -0.25) is 4.98 Å². The van der Waals surface area contributed by atoms with Crippen LogP contribution in [0.2, 0.25) is 0 Å². The van der Waals surface area contributed by atoms with Crippen LogP contribution in [0, 0.1) is 0 Å². The van der Waals surface area contributed by atoms with Crippen molar-refractivity contribution in [3.63, 3.8) is 0 Å². The number of halogens is 3. The number of ether oxygens (including phenoxy) is 3. The fourth-order valence-electron chi connectivity index (χ4n) is 3.66. The summed E-state index contributed by atoms with van der Waals surface area (Å²) in [6.45, 7) is 0. The maximum absolute atomic E-state index is 12.9. The molecule has 9 nitrogen and oxygen atoms in total. The van der Waals surface area contributed by atoms with Gasteiger partial charge < -0.3 is 30.2 Å². The van der Waals surface area contributed by atoms with Crippen LogP contribution in [0.3, 0.4) is 0 Å². The van der Waals surface area contributed by atoms with Gasteiger partial charge in [0.1, 0.15) is 5.82 Å². The Morgan fingerprint density at radius 3 is 2.08 bits per heavy atom. The number of hydrogen-bond acceptors (Lipinski definition) is 7. The number of amides is 2. The molecule has 0 saturated carbocycles. The molecule has 4 aromatic rings. The van der Waals surface area contributed by atoms with Crippen LogP contribution in [-0.4, -0.2) is 37.3 Å². The molecule has 0 aliphatic rings. The Morgan fingerprint density at radius 1 is 0.795 bits per heavy atom. The molecule has 1 aromatic heterocycles. The number of methoxy groups -OCH3 is 3. The van der Waals surface area contributed by atoms with E-state index in [-0.39, 0.29) is 5.69 Å². The van der Waals surface area contributed by atoms with Crippen LogP contribution in [0.15, 0.2) is 73.1 Å². The average molecular weight is 540 g/mol. The smallest absolute Gasteiger partial charge is 0.416 e. The van der Waals surface area contributed by atoms with E-state index in [1.165, 1.54) is 33.5 Å². The third kappa shape index (κ3) is 6.66. The maximum Gasteiger partial charge on any atom is 0.416 e. The van der Waals surface area contributed by atoms with Gasteiger partial charge >= 0.3 is 12.2 Å². The van der Waals surface area contributed by atoms with Crippen molar-refractivity contribution >= 4 is 28.9 Å². The first-order valence-electron chi connectivity index (χ1n) is 11.4. The van der Waals surface area contributed by atoms with Gasteiger partial charge in [0, 0.05) is 34.8 Å². The van der Waals surface area contributed by atoms with Crippen LogP contribution in [0.25, 0.3) is 11.3 Å². The van der Waals surface area contributed by atoms with Crippen LogP contribution in [0.1, 0.15) is 5.56 Å². The number of alkyl halides is 3. The van der Waals surface area contributed by atoms with Gasteiger partial charge in [-0.05, 0) is 30.3 Å². The standard InChI is InChI=1S/C27H24F3N5O4/c1-37-22-12-20(13-23(38-2)25(22)39-3)32-24-15-31-14-21(35-24)16-7-9-18(10-8-16)33-26(36)34-19-6-4-5-17(11-19)27(28,29)30/h4-15H,1-3H3,(H,32,35)(H2,33,34,36). The molecule has 0 spiro atoms. The minimum Gasteiger partial charge on any atom is -0.493 e. The Kier molecular flexibility index (Phi) is 8.04. The number of hydrogen-bond donors (Lipinski definition) is 3. The Hall–Kier alpha value is -5.00. The molecule has 3 N–H and O–H groups in total. The Morgan fingerprint density at radius 2 is 1.46 bits per heavy atom. The van der Waals surface area contributed by atoms with E-state index in [1.54, 1.807) is 48.8 Å².